The smallest absolute Gasteiger partial charge is 0.352 e. The van der Waals surface area contributed by atoms with E-state index in [1.165, 1.54) is 0 Å². The van der Waals surface area contributed by atoms with Crippen molar-refractivity contribution in [2.75, 3.05) is 0 Å². The lowest BCUT2D eigenvalue weighted by molar-refractivity contribution is 0.0682. The average Bonchev–Trinajstić information content (AvgIpc) is 2.24. The van der Waals surface area contributed by atoms with Gasteiger partial charge >= 0.3 is 5.97 Å². The van der Waals surface area contributed by atoms with Gasteiger partial charge in [-0.3, -0.25) is 0 Å². The number of carboxylic acids is 1. The van der Waals surface area contributed by atoms with Crippen molar-refractivity contribution in [3.05, 3.63) is 23.0 Å². The Hall–Kier alpha value is -1.25. The Bertz CT molecular complexity index is 337. The molecule has 0 bridgehead atoms. The first kappa shape index (κ1) is 9.84. The number of rotatable bonds is 2. The predicted octanol–water partition coefficient (Wildman–Crippen LogP) is 2.38. The first-order chi connectivity index (χ1) is 5.95. The highest BCUT2D eigenvalue weighted by Gasteiger charge is 2.17. The number of hydrogen-bond donors (Lipinski definition) is 1. The fourth-order valence-corrected chi connectivity index (χ4v) is 1.75. The number of aryl methyl sites for hydroxylation is 2. The molecule has 0 radical (unpaired) electrons. The number of nitrogens with zero attached hydrogens (tertiary/aromatic N) is 1. The third-order valence-corrected chi connectivity index (χ3v) is 2.14. The Kier molecular flexibility index (Phi) is 2.45. The summed E-state index contributed by atoms with van der Waals surface area (Å²) in [6.07, 6.45) is 0. The minimum Gasteiger partial charge on any atom is -0.477 e. The van der Waals surface area contributed by atoms with Gasteiger partial charge in [-0.15, -0.1) is 0 Å². The van der Waals surface area contributed by atoms with Crippen LogP contribution in [-0.2, 0) is 0 Å². The number of aromatic nitrogens is 1. The summed E-state index contributed by atoms with van der Waals surface area (Å²) in [7, 11) is 0. The zero-order chi connectivity index (χ0) is 10.2. The molecule has 3 heteroatoms. The van der Waals surface area contributed by atoms with E-state index in [4.69, 9.17) is 5.11 Å². The monoisotopic (exact) mass is 181 g/mol. The van der Waals surface area contributed by atoms with E-state index in [-0.39, 0.29) is 6.04 Å². The number of hydrogen-bond acceptors (Lipinski definition) is 1. The molecule has 0 atom stereocenters. The molecular weight excluding hydrogens is 166 g/mol. The highest BCUT2D eigenvalue weighted by atomic mass is 16.4. The summed E-state index contributed by atoms with van der Waals surface area (Å²) in [5, 5.41) is 8.99. The summed E-state index contributed by atoms with van der Waals surface area (Å²) in [4.78, 5) is 10.9. The predicted molar refractivity (Wildman–Crippen MR) is 51.3 cm³/mol. The summed E-state index contributed by atoms with van der Waals surface area (Å²) in [5.41, 5.74) is 2.25. The molecule has 13 heavy (non-hydrogen) atoms. The molecule has 0 aliphatic carbocycles. The van der Waals surface area contributed by atoms with Crippen LogP contribution in [-0.4, -0.2) is 15.6 Å². The zero-order valence-electron chi connectivity index (χ0n) is 8.46. The maximum Gasteiger partial charge on any atom is 0.352 e. The third-order valence-electron chi connectivity index (χ3n) is 2.14. The Labute approximate surface area is 78.0 Å². The van der Waals surface area contributed by atoms with Crippen LogP contribution in [0.4, 0.5) is 0 Å². The fraction of sp³-hybridized carbons (Fsp3) is 0.500. The largest absolute Gasteiger partial charge is 0.477 e. The molecule has 1 N–H and O–H groups in total. The van der Waals surface area contributed by atoms with Gasteiger partial charge in [0.25, 0.3) is 0 Å². The second kappa shape index (κ2) is 3.24. The molecule has 0 amide bonds. The lowest BCUT2D eigenvalue weighted by Gasteiger charge is -2.13. The van der Waals surface area contributed by atoms with E-state index >= 15 is 0 Å². The minimum atomic E-state index is -0.848. The second-order valence-electron chi connectivity index (χ2n) is 3.59. The Morgan fingerprint density at radius 2 is 2.00 bits per heavy atom. The van der Waals surface area contributed by atoms with Gasteiger partial charge in [-0.25, -0.2) is 4.79 Å². The molecule has 0 saturated heterocycles. The van der Waals surface area contributed by atoms with E-state index in [9.17, 15) is 4.79 Å². The van der Waals surface area contributed by atoms with Gasteiger partial charge in [0.2, 0.25) is 0 Å². The van der Waals surface area contributed by atoms with Crippen molar-refractivity contribution in [2.45, 2.75) is 33.7 Å². The highest BCUT2D eigenvalue weighted by molar-refractivity contribution is 5.88. The highest BCUT2D eigenvalue weighted by Crippen LogP contribution is 2.19. The standard InChI is InChI=1S/C10H15NO2/c1-6(2)11-8(4)5-7(3)9(11)10(12)13/h5-6H,1-4H3,(H,12,13). The number of carboxylic acid groups (broad SMARTS) is 1. The molecule has 0 saturated carbocycles. The SMILES string of the molecule is Cc1cc(C)n(C(C)C)c1C(=O)O. The third kappa shape index (κ3) is 1.59. The number of carbonyl (C=O) groups is 1. The van der Waals surface area contributed by atoms with Gasteiger partial charge in [-0.2, -0.15) is 0 Å². The van der Waals surface area contributed by atoms with Crippen LogP contribution in [0.3, 0.4) is 0 Å². The van der Waals surface area contributed by atoms with Crippen molar-refractivity contribution in [2.24, 2.45) is 0 Å². The zero-order valence-corrected chi connectivity index (χ0v) is 8.46. The van der Waals surface area contributed by atoms with Crippen LogP contribution in [0.15, 0.2) is 6.07 Å². The Morgan fingerprint density at radius 1 is 1.46 bits per heavy atom. The molecule has 72 valence electrons. The van der Waals surface area contributed by atoms with Gasteiger partial charge in [0.15, 0.2) is 0 Å². The quantitative estimate of drug-likeness (QED) is 0.761. The van der Waals surface area contributed by atoms with Crippen molar-refractivity contribution < 1.29 is 9.90 Å². The van der Waals surface area contributed by atoms with Gasteiger partial charge in [0.05, 0.1) is 0 Å². The first-order valence-corrected chi connectivity index (χ1v) is 4.37. The summed E-state index contributed by atoms with van der Waals surface area (Å²) >= 11 is 0. The lowest BCUT2D eigenvalue weighted by atomic mass is 10.2. The van der Waals surface area contributed by atoms with Gasteiger partial charge in [-0.05, 0) is 39.3 Å². The normalized spacial score (nSPS) is 10.8. The molecule has 1 heterocycles. The van der Waals surface area contributed by atoms with E-state index in [0.29, 0.717) is 5.69 Å². The van der Waals surface area contributed by atoms with Crippen molar-refractivity contribution in [3.63, 3.8) is 0 Å². The molecule has 0 aliphatic heterocycles. The Balaban J connectivity index is 3.38. The summed E-state index contributed by atoms with van der Waals surface area (Å²) in [5.74, 6) is -0.848. The number of aromatic carboxylic acids is 1. The van der Waals surface area contributed by atoms with E-state index in [2.05, 4.69) is 0 Å². The molecule has 1 rings (SSSR count). The summed E-state index contributed by atoms with van der Waals surface area (Å²) in [6, 6.07) is 2.10. The van der Waals surface area contributed by atoms with Gasteiger partial charge in [0.1, 0.15) is 5.69 Å². The van der Waals surface area contributed by atoms with E-state index < -0.39 is 5.97 Å². The van der Waals surface area contributed by atoms with Crippen molar-refractivity contribution in [3.8, 4) is 0 Å². The van der Waals surface area contributed by atoms with Gasteiger partial charge in [-0.1, -0.05) is 0 Å². The van der Waals surface area contributed by atoms with Crippen LogP contribution < -0.4 is 0 Å². The van der Waals surface area contributed by atoms with Crippen LogP contribution >= 0.6 is 0 Å². The maximum atomic E-state index is 10.9. The fourth-order valence-electron chi connectivity index (χ4n) is 1.75. The lowest BCUT2D eigenvalue weighted by Crippen LogP contribution is -2.12. The second-order valence-corrected chi connectivity index (χ2v) is 3.59. The summed E-state index contributed by atoms with van der Waals surface area (Å²) < 4.78 is 1.84. The maximum absolute atomic E-state index is 10.9. The van der Waals surface area contributed by atoms with Crippen LogP contribution in [0.25, 0.3) is 0 Å². The molecule has 3 nitrogen and oxygen atoms in total. The molecule has 0 unspecified atom stereocenters. The van der Waals surface area contributed by atoms with Crippen molar-refractivity contribution >= 4 is 5.97 Å². The van der Waals surface area contributed by atoms with Gasteiger partial charge < -0.3 is 9.67 Å². The topological polar surface area (TPSA) is 42.2 Å². The van der Waals surface area contributed by atoms with Crippen molar-refractivity contribution in [1.82, 2.24) is 4.57 Å². The van der Waals surface area contributed by atoms with Crippen LogP contribution in [0.5, 0.6) is 0 Å². The van der Waals surface area contributed by atoms with Crippen molar-refractivity contribution in [1.29, 1.82) is 0 Å². The molecule has 0 aliphatic rings. The first-order valence-electron chi connectivity index (χ1n) is 4.37. The summed E-state index contributed by atoms with van der Waals surface area (Å²) in [6.45, 7) is 7.73. The molecule has 0 fully saturated rings. The molecule has 0 spiro atoms. The van der Waals surface area contributed by atoms with Crippen LogP contribution in [0, 0.1) is 13.8 Å². The van der Waals surface area contributed by atoms with Gasteiger partial charge in [0, 0.05) is 11.7 Å². The Morgan fingerprint density at radius 3 is 2.31 bits per heavy atom. The molecule has 1 aromatic heterocycles. The average molecular weight is 181 g/mol. The molecule has 1 aromatic rings. The minimum absolute atomic E-state index is 0.194. The van der Waals surface area contributed by atoms with Crippen LogP contribution in [0.1, 0.15) is 41.6 Å². The molecular formula is C10H15NO2. The van der Waals surface area contributed by atoms with E-state index in [1.54, 1.807) is 0 Å². The van der Waals surface area contributed by atoms with E-state index in [0.717, 1.165) is 11.3 Å². The van der Waals surface area contributed by atoms with E-state index in [1.807, 2.05) is 38.3 Å². The molecule has 0 aromatic carbocycles. The van der Waals surface area contributed by atoms with Crippen LogP contribution in [0.2, 0.25) is 0 Å².